The number of carbonyl (C=O) groups excluding carboxylic acids is 1. The molecule has 0 bridgehead atoms. The normalized spacial score (nSPS) is 32.7. The Morgan fingerprint density at radius 2 is 1.93 bits per heavy atom. The minimum absolute atomic E-state index is 0.0159. The Balaban J connectivity index is 1.91. The van der Waals surface area contributed by atoms with Crippen molar-refractivity contribution in [1.29, 1.82) is 0 Å². The number of rotatable bonds is 2. The molecule has 0 aromatic heterocycles. The summed E-state index contributed by atoms with van der Waals surface area (Å²) in [5.41, 5.74) is 0.461. The van der Waals surface area contributed by atoms with E-state index in [1.165, 1.54) is 0 Å². The van der Waals surface area contributed by atoms with Crippen molar-refractivity contribution in [1.82, 2.24) is 10.6 Å². The molecule has 2 rings (SSSR count). The number of hydrogen-bond acceptors (Lipinski definition) is 3. The Kier molecular flexibility index (Phi) is 2.54. The SMILES string of the molecule is CC1(C)C(NC(=O)[C@H]2CSCN2)C1(C)C. The lowest BCUT2D eigenvalue weighted by molar-refractivity contribution is -0.122. The molecule has 15 heavy (non-hydrogen) atoms. The van der Waals surface area contributed by atoms with Gasteiger partial charge in [-0.2, -0.15) is 0 Å². The van der Waals surface area contributed by atoms with Gasteiger partial charge in [-0.25, -0.2) is 0 Å². The maximum absolute atomic E-state index is 11.9. The molecule has 1 amide bonds. The molecule has 0 aromatic carbocycles. The Labute approximate surface area is 95.8 Å². The molecule has 0 radical (unpaired) electrons. The van der Waals surface area contributed by atoms with Gasteiger partial charge in [0.25, 0.3) is 0 Å². The number of carbonyl (C=O) groups is 1. The van der Waals surface area contributed by atoms with Crippen molar-refractivity contribution in [2.75, 3.05) is 11.6 Å². The first-order valence-electron chi connectivity index (χ1n) is 5.49. The summed E-state index contributed by atoms with van der Waals surface area (Å²) < 4.78 is 0. The second-order valence-electron chi connectivity index (χ2n) is 5.66. The molecule has 1 saturated carbocycles. The fourth-order valence-corrected chi connectivity index (χ4v) is 3.31. The van der Waals surface area contributed by atoms with E-state index in [1.54, 1.807) is 11.8 Å². The molecule has 1 aliphatic heterocycles. The van der Waals surface area contributed by atoms with Crippen molar-refractivity contribution in [2.45, 2.75) is 39.8 Å². The average Bonchev–Trinajstić information content (AvgIpc) is 2.65. The van der Waals surface area contributed by atoms with Crippen molar-refractivity contribution in [3.05, 3.63) is 0 Å². The van der Waals surface area contributed by atoms with Gasteiger partial charge in [0.05, 0.1) is 6.04 Å². The predicted molar refractivity (Wildman–Crippen MR) is 63.7 cm³/mol. The lowest BCUT2D eigenvalue weighted by atomic mass is 10.0. The monoisotopic (exact) mass is 228 g/mol. The van der Waals surface area contributed by atoms with Crippen LogP contribution in [0.3, 0.4) is 0 Å². The van der Waals surface area contributed by atoms with Crippen LogP contribution in [-0.4, -0.2) is 29.6 Å². The summed E-state index contributed by atoms with van der Waals surface area (Å²) in [5.74, 6) is 1.97. The number of amides is 1. The van der Waals surface area contributed by atoms with Crippen LogP contribution in [0.15, 0.2) is 0 Å². The van der Waals surface area contributed by atoms with Crippen molar-refractivity contribution in [2.24, 2.45) is 10.8 Å². The van der Waals surface area contributed by atoms with Crippen LogP contribution >= 0.6 is 11.8 Å². The van der Waals surface area contributed by atoms with E-state index in [0.29, 0.717) is 6.04 Å². The van der Waals surface area contributed by atoms with Crippen LogP contribution in [0, 0.1) is 10.8 Å². The standard InChI is InChI=1S/C11H20N2OS/c1-10(2)9(11(10,3)4)13-8(14)7-5-15-6-12-7/h7,9,12H,5-6H2,1-4H3,(H,13,14)/t7-/m1/s1. The topological polar surface area (TPSA) is 41.1 Å². The first-order chi connectivity index (χ1) is 6.87. The second-order valence-corrected chi connectivity index (χ2v) is 6.69. The zero-order valence-corrected chi connectivity index (χ0v) is 10.7. The fourth-order valence-electron chi connectivity index (χ4n) is 2.36. The van der Waals surface area contributed by atoms with Crippen LogP contribution in [-0.2, 0) is 4.79 Å². The molecule has 0 aromatic rings. The van der Waals surface area contributed by atoms with E-state index in [2.05, 4.69) is 38.3 Å². The van der Waals surface area contributed by atoms with Crippen molar-refractivity contribution in [3.8, 4) is 0 Å². The third-order valence-corrected chi connectivity index (χ3v) is 5.28. The van der Waals surface area contributed by atoms with Crippen LogP contribution in [0.25, 0.3) is 0 Å². The van der Waals surface area contributed by atoms with Crippen LogP contribution in [0.4, 0.5) is 0 Å². The van der Waals surface area contributed by atoms with E-state index in [1.807, 2.05) is 0 Å². The molecule has 4 heteroatoms. The maximum Gasteiger partial charge on any atom is 0.238 e. The summed E-state index contributed by atoms with van der Waals surface area (Å²) in [4.78, 5) is 11.9. The van der Waals surface area contributed by atoms with Gasteiger partial charge in [0, 0.05) is 17.7 Å². The van der Waals surface area contributed by atoms with Gasteiger partial charge in [-0.1, -0.05) is 27.7 Å². The van der Waals surface area contributed by atoms with Crippen molar-refractivity contribution >= 4 is 17.7 Å². The van der Waals surface area contributed by atoms with Gasteiger partial charge >= 0.3 is 0 Å². The number of hydrogen-bond donors (Lipinski definition) is 2. The third kappa shape index (κ3) is 1.68. The van der Waals surface area contributed by atoms with Crippen LogP contribution < -0.4 is 10.6 Å². The summed E-state index contributed by atoms with van der Waals surface area (Å²) in [6.07, 6.45) is 0. The molecule has 0 spiro atoms. The van der Waals surface area contributed by atoms with Crippen molar-refractivity contribution < 1.29 is 4.79 Å². The number of thioether (sulfide) groups is 1. The molecule has 1 saturated heterocycles. The molecular weight excluding hydrogens is 208 g/mol. The van der Waals surface area contributed by atoms with E-state index < -0.39 is 0 Å². The molecule has 2 aliphatic rings. The Hall–Kier alpha value is -0.220. The van der Waals surface area contributed by atoms with Gasteiger partial charge in [-0.3, -0.25) is 10.1 Å². The Morgan fingerprint density at radius 1 is 1.33 bits per heavy atom. The summed E-state index contributed by atoms with van der Waals surface area (Å²) >= 11 is 1.79. The van der Waals surface area contributed by atoms with Gasteiger partial charge in [0.2, 0.25) is 5.91 Å². The van der Waals surface area contributed by atoms with Gasteiger partial charge in [0.1, 0.15) is 0 Å². The van der Waals surface area contributed by atoms with Gasteiger partial charge in [-0.15, -0.1) is 11.8 Å². The minimum Gasteiger partial charge on any atom is -0.351 e. The van der Waals surface area contributed by atoms with E-state index in [0.717, 1.165) is 11.6 Å². The molecular formula is C11H20N2OS. The second kappa shape index (κ2) is 3.39. The van der Waals surface area contributed by atoms with Crippen molar-refractivity contribution in [3.63, 3.8) is 0 Å². The summed E-state index contributed by atoms with van der Waals surface area (Å²) in [5, 5.41) is 6.36. The first kappa shape index (κ1) is 11.3. The lowest BCUT2D eigenvalue weighted by Crippen LogP contribution is -2.44. The predicted octanol–water partition coefficient (Wildman–Crippen LogP) is 1.20. The molecule has 3 nitrogen and oxygen atoms in total. The average molecular weight is 228 g/mol. The number of nitrogens with one attached hydrogen (secondary N) is 2. The first-order valence-corrected chi connectivity index (χ1v) is 6.64. The van der Waals surface area contributed by atoms with Gasteiger partial charge in [0.15, 0.2) is 0 Å². The fraction of sp³-hybridized carbons (Fsp3) is 0.909. The van der Waals surface area contributed by atoms with Gasteiger partial charge in [-0.05, 0) is 10.8 Å². The quantitative estimate of drug-likeness (QED) is 0.746. The third-order valence-electron chi connectivity index (χ3n) is 4.34. The molecule has 86 valence electrons. The zero-order valence-electron chi connectivity index (χ0n) is 9.89. The zero-order chi connectivity index (χ0) is 11.3. The van der Waals surface area contributed by atoms with E-state index in [4.69, 9.17) is 0 Å². The van der Waals surface area contributed by atoms with E-state index in [-0.39, 0.29) is 22.8 Å². The van der Waals surface area contributed by atoms with Gasteiger partial charge < -0.3 is 5.32 Å². The van der Waals surface area contributed by atoms with Crippen LogP contribution in [0.5, 0.6) is 0 Å². The summed E-state index contributed by atoms with van der Waals surface area (Å²) in [7, 11) is 0. The molecule has 1 heterocycles. The van der Waals surface area contributed by atoms with Crippen LogP contribution in [0.1, 0.15) is 27.7 Å². The molecule has 0 unspecified atom stereocenters. The Bertz CT molecular complexity index is 268. The largest absolute Gasteiger partial charge is 0.351 e. The Morgan fingerprint density at radius 3 is 2.33 bits per heavy atom. The highest BCUT2D eigenvalue weighted by Crippen LogP contribution is 2.62. The highest BCUT2D eigenvalue weighted by Gasteiger charge is 2.65. The maximum atomic E-state index is 11.9. The van der Waals surface area contributed by atoms with E-state index >= 15 is 0 Å². The summed E-state index contributed by atoms with van der Waals surface area (Å²) in [6, 6.07) is 0.340. The van der Waals surface area contributed by atoms with E-state index in [9.17, 15) is 4.79 Å². The highest BCUT2D eigenvalue weighted by atomic mass is 32.2. The smallest absolute Gasteiger partial charge is 0.238 e. The lowest BCUT2D eigenvalue weighted by Gasteiger charge is -2.11. The molecule has 2 fully saturated rings. The molecule has 2 N–H and O–H groups in total. The molecule has 1 atom stereocenters. The minimum atomic E-state index is 0.0159. The summed E-state index contributed by atoms with van der Waals surface area (Å²) in [6.45, 7) is 8.87. The molecule has 1 aliphatic carbocycles. The highest BCUT2D eigenvalue weighted by molar-refractivity contribution is 7.99. The van der Waals surface area contributed by atoms with Crippen LogP contribution in [0.2, 0.25) is 0 Å².